The van der Waals surface area contributed by atoms with Gasteiger partial charge in [0.25, 0.3) is 0 Å². The van der Waals surface area contributed by atoms with E-state index in [-0.39, 0.29) is 36.3 Å². The first-order valence-corrected chi connectivity index (χ1v) is 9.26. The van der Waals surface area contributed by atoms with Crippen molar-refractivity contribution in [3.63, 3.8) is 0 Å². The topological polar surface area (TPSA) is 74.2 Å². The highest BCUT2D eigenvalue weighted by Gasteiger charge is 2.33. The molecule has 0 fully saturated rings. The second kappa shape index (κ2) is 11.4. The minimum atomic E-state index is -4.44. The number of aliphatic imine (C=N–C) groups is 1. The zero-order chi connectivity index (χ0) is 19.9. The third-order valence-electron chi connectivity index (χ3n) is 3.75. The highest BCUT2D eigenvalue weighted by molar-refractivity contribution is 14.0. The van der Waals surface area contributed by atoms with E-state index in [1.165, 1.54) is 17.1 Å². The van der Waals surface area contributed by atoms with Crippen molar-refractivity contribution in [3.8, 4) is 0 Å². The zero-order valence-corrected chi connectivity index (χ0v) is 19.0. The minimum absolute atomic E-state index is 0. The number of anilines is 1. The summed E-state index contributed by atoms with van der Waals surface area (Å²) in [5.41, 5.74) is 0.276. The summed E-state index contributed by atoms with van der Waals surface area (Å²) in [6.45, 7) is 5.36. The van der Waals surface area contributed by atoms with Gasteiger partial charge in [0.2, 0.25) is 0 Å². The maximum Gasteiger partial charge on any atom is 0.419 e. The molecule has 0 aliphatic heterocycles. The Morgan fingerprint density at radius 3 is 2.50 bits per heavy atom. The first-order valence-electron chi connectivity index (χ1n) is 8.44. The Hall–Kier alpha value is -1.63. The molecule has 0 saturated heterocycles. The molecule has 0 unspecified atom stereocenters. The van der Waals surface area contributed by atoms with Crippen LogP contribution in [0.4, 0.5) is 19.0 Å². The number of nitrogens with zero attached hydrogens (tertiary/aromatic N) is 3. The van der Waals surface area contributed by atoms with E-state index in [0.29, 0.717) is 19.0 Å². The average molecular weight is 528 g/mol. The van der Waals surface area contributed by atoms with Crippen LogP contribution in [-0.4, -0.2) is 42.6 Å². The summed E-state index contributed by atoms with van der Waals surface area (Å²) in [4.78, 5) is 13.6. The lowest BCUT2D eigenvalue weighted by Gasteiger charge is -2.14. The van der Waals surface area contributed by atoms with E-state index in [1.807, 2.05) is 13.8 Å². The number of aromatic nitrogens is 2. The molecular formula is C17H24F3IN6S. The van der Waals surface area contributed by atoms with Gasteiger partial charge in [-0.05, 0) is 26.0 Å². The van der Waals surface area contributed by atoms with Crippen molar-refractivity contribution in [1.82, 2.24) is 20.6 Å². The molecule has 0 radical (unpaired) electrons. The van der Waals surface area contributed by atoms with E-state index in [2.05, 4.69) is 30.9 Å². The number of hydrogen-bond acceptors (Lipinski definition) is 5. The molecule has 2 aromatic heterocycles. The van der Waals surface area contributed by atoms with Crippen LogP contribution in [0.3, 0.4) is 0 Å². The van der Waals surface area contributed by atoms with Crippen molar-refractivity contribution >= 4 is 47.1 Å². The molecule has 6 nitrogen and oxygen atoms in total. The maximum atomic E-state index is 12.9. The lowest BCUT2D eigenvalue weighted by molar-refractivity contribution is -0.137. The largest absolute Gasteiger partial charge is 0.419 e. The fourth-order valence-corrected chi connectivity index (χ4v) is 3.22. The van der Waals surface area contributed by atoms with Crippen molar-refractivity contribution in [1.29, 1.82) is 0 Å². The third kappa shape index (κ3) is 7.41. The summed E-state index contributed by atoms with van der Waals surface area (Å²) in [5, 5.41) is 9.98. The normalized spacial score (nSPS) is 11.7. The summed E-state index contributed by atoms with van der Waals surface area (Å²) in [7, 11) is 1.64. The van der Waals surface area contributed by atoms with E-state index in [9.17, 15) is 13.2 Å². The molecule has 0 saturated carbocycles. The third-order valence-corrected chi connectivity index (χ3v) is 4.88. The Morgan fingerprint density at radius 1 is 1.18 bits per heavy atom. The number of nitrogens with one attached hydrogen (secondary N) is 3. The number of halogens is 4. The molecule has 3 N–H and O–H groups in total. The van der Waals surface area contributed by atoms with Crippen molar-refractivity contribution in [3.05, 3.63) is 39.5 Å². The number of rotatable bonds is 7. The SMILES string of the molecule is CN=C(NCCNc1ncccc1C(F)(F)F)NCCc1nc(C)c(C)s1.I. The standard InChI is InChI=1S/C17H23F3N6S.HI/c1-11-12(2)27-14(26-11)6-8-24-16(21-3)25-10-9-23-15-13(17(18,19)20)5-4-7-22-15;/h4-5,7H,6,8-10H2,1-3H3,(H,22,23)(H2,21,24,25);1H. The van der Waals surface area contributed by atoms with Crippen molar-refractivity contribution in [2.75, 3.05) is 32.0 Å². The van der Waals surface area contributed by atoms with Gasteiger partial charge in [-0.1, -0.05) is 0 Å². The Morgan fingerprint density at radius 2 is 1.89 bits per heavy atom. The number of alkyl halides is 3. The van der Waals surface area contributed by atoms with Crippen LogP contribution in [0.15, 0.2) is 23.3 Å². The van der Waals surface area contributed by atoms with Gasteiger partial charge >= 0.3 is 6.18 Å². The predicted molar refractivity (Wildman–Crippen MR) is 118 cm³/mol. The van der Waals surface area contributed by atoms with Crippen LogP contribution in [0.1, 0.15) is 21.1 Å². The van der Waals surface area contributed by atoms with Crippen LogP contribution in [0.2, 0.25) is 0 Å². The summed E-state index contributed by atoms with van der Waals surface area (Å²) >= 11 is 1.68. The second-order valence-corrected chi connectivity index (χ2v) is 7.04. The molecule has 0 aliphatic rings. The van der Waals surface area contributed by atoms with E-state index < -0.39 is 11.7 Å². The monoisotopic (exact) mass is 528 g/mol. The Kier molecular flexibility index (Phi) is 9.93. The highest BCUT2D eigenvalue weighted by Crippen LogP contribution is 2.33. The molecule has 0 atom stereocenters. The first-order chi connectivity index (χ1) is 12.8. The number of pyridine rings is 1. The van der Waals surface area contributed by atoms with Gasteiger partial charge < -0.3 is 16.0 Å². The van der Waals surface area contributed by atoms with Gasteiger partial charge in [-0.3, -0.25) is 4.99 Å². The molecule has 0 aliphatic carbocycles. The molecule has 2 rings (SSSR count). The van der Waals surface area contributed by atoms with Crippen molar-refractivity contribution in [2.24, 2.45) is 4.99 Å². The quantitative estimate of drug-likeness (QED) is 0.222. The Balaban J connectivity index is 0.00000392. The van der Waals surface area contributed by atoms with Crippen molar-refractivity contribution in [2.45, 2.75) is 26.4 Å². The van der Waals surface area contributed by atoms with Gasteiger partial charge in [0, 0.05) is 44.2 Å². The molecule has 11 heteroatoms. The molecule has 28 heavy (non-hydrogen) atoms. The van der Waals surface area contributed by atoms with Gasteiger partial charge in [-0.25, -0.2) is 9.97 Å². The van der Waals surface area contributed by atoms with E-state index in [0.717, 1.165) is 23.2 Å². The second-order valence-electron chi connectivity index (χ2n) is 5.75. The highest BCUT2D eigenvalue weighted by atomic mass is 127. The van der Waals surface area contributed by atoms with Crippen LogP contribution in [-0.2, 0) is 12.6 Å². The van der Waals surface area contributed by atoms with E-state index in [4.69, 9.17) is 0 Å². The van der Waals surface area contributed by atoms with Crippen LogP contribution < -0.4 is 16.0 Å². The van der Waals surface area contributed by atoms with Crippen molar-refractivity contribution < 1.29 is 13.2 Å². The number of hydrogen-bond donors (Lipinski definition) is 3. The molecule has 2 heterocycles. The maximum absolute atomic E-state index is 12.9. The number of guanidine groups is 1. The number of thiazole rings is 1. The van der Waals surface area contributed by atoms with Crippen LogP contribution in [0.5, 0.6) is 0 Å². The minimum Gasteiger partial charge on any atom is -0.368 e. The molecule has 0 aromatic carbocycles. The summed E-state index contributed by atoms with van der Waals surface area (Å²) in [5.74, 6) is 0.406. The summed E-state index contributed by atoms with van der Waals surface area (Å²) in [6.07, 6.45) is -2.33. The number of aryl methyl sites for hydroxylation is 2. The predicted octanol–water partition coefficient (Wildman–Crippen LogP) is 3.61. The van der Waals surface area contributed by atoms with Gasteiger partial charge in [0.15, 0.2) is 5.96 Å². The van der Waals surface area contributed by atoms with Gasteiger partial charge in [-0.2, -0.15) is 13.2 Å². The van der Waals surface area contributed by atoms with Gasteiger partial charge in [-0.15, -0.1) is 35.3 Å². The van der Waals surface area contributed by atoms with Crippen LogP contribution in [0, 0.1) is 13.8 Å². The molecule has 2 aromatic rings. The fourth-order valence-electron chi connectivity index (χ4n) is 2.29. The lowest BCUT2D eigenvalue weighted by atomic mass is 10.2. The fraction of sp³-hybridized carbons (Fsp3) is 0.471. The van der Waals surface area contributed by atoms with Crippen LogP contribution in [0.25, 0.3) is 0 Å². The van der Waals surface area contributed by atoms with Gasteiger partial charge in [0.1, 0.15) is 5.82 Å². The first kappa shape index (κ1) is 24.4. The van der Waals surface area contributed by atoms with E-state index >= 15 is 0 Å². The molecule has 156 valence electrons. The molecule has 0 spiro atoms. The smallest absolute Gasteiger partial charge is 0.368 e. The molecule has 0 bridgehead atoms. The average Bonchev–Trinajstić information content (AvgIpc) is 2.94. The Bertz CT molecular complexity index is 759. The Labute approximate surface area is 183 Å². The summed E-state index contributed by atoms with van der Waals surface area (Å²) < 4.78 is 38.8. The summed E-state index contributed by atoms with van der Waals surface area (Å²) in [6, 6.07) is 2.27. The van der Waals surface area contributed by atoms with E-state index in [1.54, 1.807) is 18.4 Å². The zero-order valence-electron chi connectivity index (χ0n) is 15.9. The molecule has 0 amide bonds. The molecular weight excluding hydrogens is 504 g/mol. The lowest BCUT2D eigenvalue weighted by Crippen LogP contribution is -2.40. The van der Waals surface area contributed by atoms with Crippen LogP contribution >= 0.6 is 35.3 Å². The van der Waals surface area contributed by atoms with Gasteiger partial charge in [0.05, 0.1) is 16.3 Å².